The number of nitrogens with one attached hydrogen (secondary N) is 1. The van der Waals surface area contributed by atoms with Crippen LogP contribution < -0.4 is 5.32 Å². The highest BCUT2D eigenvalue weighted by Gasteiger charge is 2.14. The Morgan fingerprint density at radius 2 is 1.08 bits per heavy atom. The van der Waals surface area contributed by atoms with Crippen molar-refractivity contribution in [1.82, 2.24) is 5.32 Å². The van der Waals surface area contributed by atoms with E-state index in [1.807, 2.05) is 0 Å². The molecule has 0 aromatic heterocycles. The lowest BCUT2D eigenvalue weighted by atomic mass is 10.0. The Morgan fingerprint density at radius 1 is 0.632 bits per heavy atom. The summed E-state index contributed by atoms with van der Waals surface area (Å²) in [6.45, 7) is 6.41. The molecule has 1 aliphatic rings. The minimum absolute atomic E-state index is 0.00268. The minimum Gasteiger partial charge on any atom is -0.481 e. The number of hydrogen-bond donors (Lipinski definition) is 2. The summed E-state index contributed by atoms with van der Waals surface area (Å²) in [4.78, 5) is 22.2. The van der Waals surface area contributed by atoms with Crippen molar-refractivity contribution in [1.29, 1.82) is 0 Å². The van der Waals surface area contributed by atoms with Crippen LogP contribution in [0.15, 0.2) is 12.2 Å². The maximum Gasteiger partial charge on any atom is 0.407 e. The minimum atomic E-state index is -0.875. The smallest absolute Gasteiger partial charge is 0.407 e. The van der Waals surface area contributed by atoms with Gasteiger partial charge in [-0.15, -0.1) is 0 Å². The Hall–Kier alpha value is -1.80. The van der Waals surface area contributed by atoms with E-state index >= 15 is 0 Å². The van der Waals surface area contributed by atoms with Crippen LogP contribution >= 0.6 is 0 Å². The van der Waals surface area contributed by atoms with Crippen molar-refractivity contribution in [3.8, 4) is 0 Å². The molecule has 12 nitrogen and oxygen atoms in total. The van der Waals surface area contributed by atoms with Crippen LogP contribution in [-0.4, -0.2) is 122 Å². The molecule has 0 fully saturated rings. The number of carbonyl (C=O) groups is 2. The summed E-state index contributed by atoms with van der Waals surface area (Å²) in [5.41, 5.74) is 0. The number of carboxylic acids is 1. The highest BCUT2D eigenvalue weighted by atomic mass is 16.6. The zero-order valence-electron chi connectivity index (χ0n) is 22.6. The Kier molecular flexibility index (Phi) is 24.1. The average Bonchev–Trinajstić information content (AvgIpc) is 2.88. The number of carbonyl (C=O) groups excluding carboxylic acids is 1. The molecule has 222 valence electrons. The Morgan fingerprint density at radius 3 is 1.58 bits per heavy atom. The molecule has 0 saturated heterocycles. The second-order valence-corrected chi connectivity index (χ2v) is 8.36. The van der Waals surface area contributed by atoms with Crippen molar-refractivity contribution in [3.63, 3.8) is 0 Å². The van der Waals surface area contributed by atoms with Crippen LogP contribution in [-0.2, 0) is 42.7 Å². The van der Waals surface area contributed by atoms with Crippen molar-refractivity contribution < 1.29 is 52.6 Å². The number of ether oxygens (including phenoxy) is 8. The molecule has 12 heteroatoms. The van der Waals surface area contributed by atoms with Crippen LogP contribution in [0.2, 0.25) is 0 Å². The molecule has 1 amide bonds. The first-order chi connectivity index (χ1) is 18.7. The van der Waals surface area contributed by atoms with E-state index in [0.29, 0.717) is 92.4 Å². The summed E-state index contributed by atoms with van der Waals surface area (Å²) in [5, 5.41) is 11.2. The van der Waals surface area contributed by atoms with Gasteiger partial charge in [-0.25, -0.2) is 4.79 Å². The topological polar surface area (TPSA) is 140 Å². The van der Waals surface area contributed by atoms with Crippen molar-refractivity contribution in [2.24, 2.45) is 0 Å². The van der Waals surface area contributed by atoms with E-state index in [9.17, 15) is 9.59 Å². The molecule has 1 rings (SSSR count). The molecule has 0 aliphatic heterocycles. The molecule has 0 spiro atoms. The SMILES string of the molecule is O=C(O)CCOCCOCCOCCOCCOCCOCCOCCNC(=O)OC1CC/C=C\CCC1. The van der Waals surface area contributed by atoms with Crippen molar-refractivity contribution in [2.45, 2.75) is 44.6 Å². The number of hydrogen-bond acceptors (Lipinski definition) is 10. The third-order valence-electron chi connectivity index (χ3n) is 5.20. The van der Waals surface area contributed by atoms with Crippen LogP contribution in [0.3, 0.4) is 0 Å². The monoisotopic (exact) mass is 549 g/mol. The van der Waals surface area contributed by atoms with Crippen molar-refractivity contribution in [2.75, 3.05) is 99.0 Å². The number of allylic oxidation sites excluding steroid dienone is 2. The van der Waals surface area contributed by atoms with Gasteiger partial charge in [0, 0.05) is 6.54 Å². The summed E-state index contributed by atoms with van der Waals surface area (Å²) in [5.74, 6) is -0.875. The van der Waals surface area contributed by atoms with Gasteiger partial charge < -0.3 is 48.3 Å². The summed E-state index contributed by atoms with van der Waals surface area (Å²) in [7, 11) is 0. The van der Waals surface area contributed by atoms with Gasteiger partial charge in [-0.3, -0.25) is 4.79 Å². The number of carboxylic acid groups (broad SMARTS) is 1. The molecule has 0 radical (unpaired) electrons. The molecule has 0 saturated carbocycles. The first-order valence-corrected chi connectivity index (χ1v) is 13.5. The predicted molar refractivity (Wildman–Crippen MR) is 138 cm³/mol. The largest absolute Gasteiger partial charge is 0.481 e. The second kappa shape index (κ2) is 26.8. The molecule has 0 heterocycles. The molecule has 1 aliphatic carbocycles. The molecule has 0 aromatic carbocycles. The number of alkyl carbamates (subject to hydrolysis) is 1. The number of aliphatic carboxylic acids is 1. The van der Waals surface area contributed by atoms with E-state index in [2.05, 4.69) is 17.5 Å². The van der Waals surface area contributed by atoms with Gasteiger partial charge >= 0.3 is 12.1 Å². The van der Waals surface area contributed by atoms with E-state index in [1.54, 1.807) is 0 Å². The van der Waals surface area contributed by atoms with Crippen LogP contribution in [0.4, 0.5) is 4.79 Å². The fraction of sp³-hybridized carbons (Fsp3) is 0.846. The first kappa shape index (κ1) is 34.2. The third kappa shape index (κ3) is 24.5. The quantitative estimate of drug-likeness (QED) is 0.128. The summed E-state index contributed by atoms with van der Waals surface area (Å²) in [6, 6.07) is 0. The number of amides is 1. The van der Waals surface area contributed by atoms with E-state index in [1.165, 1.54) is 0 Å². The van der Waals surface area contributed by atoms with Crippen LogP contribution in [0, 0.1) is 0 Å². The standard InChI is InChI=1S/C26H47NO11/c28-25(29)8-10-31-12-14-33-16-18-35-20-22-37-23-21-36-19-17-34-15-13-32-11-9-27-26(30)38-24-6-4-2-1-3-5-7-24/h1-2,24H,3-23H2,(H,27,30)(H,28,29)/b2-1-. The van der Waals surface area contributed by atoms with Gasteiger partial charge in [0.05, 0.1) is 98.9 Å². The third-order valence-corrected chi connectivity index (χ3v) is 5.20. The Balaban J connectivity index is 1.70. The van der Waals surface area contributed by atoms with Crippen LogP contribution in [0.1, 0.15) is 38.5 Å². The Labute approximate surface area is 226 Å². The van der Waals surface area contributed by atoms with Crippen molar-refractivity contribution in [3.05, 3.63) is 12.2 Å². The molecule has 1 atom stereocenters. The van der Waals surface area contributed by atoms with E-state index in [0.717, 1.165) is 32.1 Å². The zero-order chi connectivity index (χ0) is 27.4. The lowest BCUT2D eigenvalue weighted by Crippen LogP contribution is -2.31. The van der Waals surface area contributed by atoms with Gasteiger partial charge in [0.15, 0.2) is 0 Å². The van der Waals surface area contributed by atoms with Gasteiger partial charge in [0.2, 0.25) is 0 Å². The summed E-state index contributed by atoms with van der Waals surface area (Å²) < 4.78 is 43.0. The molecule has 2 N–H and O–H groups in total. The fourth-order valence-electron chi connectivity index (χ4n) is 3.24. The maximum absolute atomic E-state index is 11.9. The number of rotatable bonds is 25. The van der Waals surface area contributed by atoms with Gasteiger partial charge in [0.25, 0.3) is 0 Å². The average molecular weight is 550 g/mol. The van der Waals surface area contributed by atoms with Gasteiger partial charge in [0.1, 0.15) is 6.10 Å². The molecular formula is C26H47NO11. The lowest BCUT2D eigenvalue weighted by molar-refractivity contribution is -0.138. The lowest BCUT2D eigenvalue weighted by Gasteiger charge is -2.18. The molecule has 0 bridgehead atoms. The van der Waals surface area contributed by atoms with Crippen LogP contribution in [0.25, 0.3) is 0 Å². The highest BCUT2D eigenvalue weighted by molar-refractivity contribution is 5.67. The predicted octanol–water partition coefficient (Wildman–Crippen LogP) is 2.19. The highest BCUT2D eigenvalue weighted by Crippen LogP contribution is 2.15. The second-order valence-electron chi connectivity index (χ2n) is 8.36. The summed E-state index contributed by atoms with van der Waals surface area (Å²) >= 11 is 0. The summed E-state index contributed by atoms with van der Waals surface area (Å²) in [6.07, 6.45) is 8.78. The first-order valence-electron chi connectivity index (χ1n) is 13.5. The Bertz CT molecular complexity index is 592. The van der Waals surface area contributed by atoms with E-state index in [4.69, 9.17) is 43.0 Å². The van der Waals surface area contributed by atoms with Gasteiger partial charge in [-0.05, 0) is 32.1 Å². The molecule has 0 aromatic rings. The normalized spacial score (nSPS) is 16.5. The van der Waals surface area contributed by atoms with Crippen LogP contribution in [0.5, 0.6) is 0 Å². The fourth-order valence-corrected chi connectivity index (χ4v) is 3.24. The molecule has 38 heavy (non-hydrogen) atoms. The van der Waals surface area contributed by atoms with Gasteiger partial charge in [-0.2, -0.15) is 0 Å². The molecule has 1 unspecified atom stereocenters. The maximum atomic E-state index is 11.9. The van der Waals surface area contributed by atoms with E-state index < -0.39 is 5.97 Å². The zero-order valence-corrected chi connectivity index (χ0v) is 22.6. The molecular weight excluding hydrogens is 502 g/mol. The van der Waals surface area contributed by atoms with E-state index in [-0.39, 0.29) is 25.2 Å². The van der Waals surface area contributed by atoms with Gasteiger partial charge in [-0.1, -0.05) is 12.2 Å². The van der Waals surface area contributed by atoms with Crippen molar-refractivity contribution >= 4 is 12.1 Å².